The molecule has 5 aromatic rings. The van der Waals surface area contributed by atoms with E-state index in [0.717, 1.165) is 5.56 Å². The van der Waals surface area contributed by atoms with Crippen LogP contribution in [0.5, 0.6) is 0 Å². The fourth-order valence-electron chi connectivity index (χ4n) is 4.90. The maximum Gasteiger partial charge on any atom is 0.285 e. The van der Waals surface area contributed by atoms with Gasteiger partial charge in [0.05, 0.1) is 5.41 Å². The average Bonchev–Trinajstić information content (AvgIpc) is 3.40. The van der Waals surface area contributed by atoms with Gasteiger partial charge in [0.2, 0.25) is 5.89 Å². The summed E-state index contributed by atoms with van der Waals surface area (Å²) in [6.07, 6.45) is 0. The van der Waals surface area contributed by atoms with Crippen LogP contribution in [0.3, 0.4) is 0 Å². The third-order valence-electron chi connectivity index (χ3n) is 6.11. The zero-order valence-electron chi connectivity index (χ0n) is 16.5. The van der Waals surface area contributed by atoms with Gasteiger partial charge < -0.3 is 4.42 Å². The van der Waals surface area contributed by atoms with Crippen LogP contribution in [-0.4, -0.2) is 10.2 Å². The van der Waals surface area contributed by atoms with Crippen LogP contribution >= 0.6 is 15.9 Å². The lowest BCUT2D eigenvalue weighted by Gasteiger charge is -2.34. The van der Waals surface area contributed by atoms with Gasteiger partial charge in [0.15, 0.2) is 0 Å². The van der Waals surface area contributed by atoms with E-state index in [1.807, 2.05) is 0 Å². The highest BCUT2D eigenvalue weighted by Gasteiger charge is 2.46. The summed E-state index contributed by atoms with van der Waals surface area (Å²) >= 11 is 3.27. The molecule has 4 heteroatoms. The summed E-state index contributed by atoms with van der Waals surface area (Å²) in [5.74, 6) is 0.501. The normalized spacial score (nSPS) is 13.6. The van der Waals surface area contributed by atoms with E-state index in [1.165, 1.54) is 33.4 Å². The zero-order valence-corrected chi connectivity index (χ0v) is 18.1. The molecule has 0 aliphatic heterocycles. The van der Waals surface area contributed by atoms with E-state index in [1.54, 1.807) is 0 Å². The molecule has 4 aromatic carbocycles. The molecule has 148 valence electrons. The van der Waals surface area contributed by atoms with Crippen LogP contribution in [0, 0.1) is 0 Å². The molecule has 0 atom stereocenters. The number of halogens is 1. The molecule has 0 saturated carbocycles. The minimum Gasteiger partial charge on any atom is -0.411 e. The maximum atomic E-state index is 5.68. The van der Waals surface area contributed by atoms with E-state index in [-0.39, 0.29) is 0 Å². The Morgan fingerprint density at radius 2 is 1.23 bits per heavy atom. The molecule has 0 bridgehead atoms. The minimum absolute atomic E-state index is 0.378. The number of aromatic nitrogens is 2. The quantitative estimate of drug-likeness (QED) is 0.287. The lowest BCUT2D eigenvalue weighted by Crippen LogP contribution is -2.28. The van der Waals surface area contributed by atoms with Crippen molar-refractivity contribution >= 4 is 15.9 Å². The Bertz CT molecular complexity index is 1350. The van der Waals surface area contributed by atoms with E-state index in [9.17, 15) is 0 Å². The van der Waals surface area contributed by atoms with Crippen LogP contribution < -0.4 is 0 Å². The molecule has 0 spiro atoms. The van der Waals surface area contributed by atoms with Gasteiger partial charge in [0.25, 0.3) is 4.80 Å². The fourth-order valence-corrected chi connectivity index (χ4v) is 5.13. The molecule has 3 nitrogen and oxygen atoms in total. The smallest absolute Gasteiger partial charge is 0.285 e. The molecule has 31 heavy (non-hydrogen) atoms. The van der Waals surface area contributed by atoms with E-state index < -0.39 is 5.41 Å². The Kier molecular flexibility index (Phi) is 4.15. The Balaban J connectivity index is 1.74. The molecular weight excluding hydrogens is 448 g/mol. The number of rotatable bonds is 3. The first-order chi connectivity index (χ1) is 15.3. The molecule has 0 saturated heterocycles. The van der Waals surface area contributed by atoms with Gasteiger partial charge in [-0.05, 0) is 45.5 Å². The molecule has 1 aliphatic rings. The second-order valence-electron chi connectivity index (χ2n) is 7.65. The molecule has 0 amide bonds. The van der Waals surface area contributed by atoms with E-state index >= 15 is 0 Å². The number of hydrogen-bond acceptors (Lipinski definition) is 3. The predicted octanol–water partition coefficient (Wildman–Crippen LogP) is 6.86. The molecule has 1 heterocycles. The van der Waals surface area contributed by atoms with Gasteiger partial charge in [-0.15, -0.1) is 10.2 Å². The number of benzene rings is 4. The van der Waals surface area contributed by atoms with E-state index in [0.29, 0.717) is 10.7 Å². The monoisotopic (exact) mass is 464 g/mol. The summed E-state index contributed by atoms with van der Waals surface area (Å²) in [5.41, 5.74) is 7.92. The minimum atomic E-state index is -0.429. The summed E-state index contributed by atoms with van der Waals surface area (Å²) in [6, 6.07) is 36.6. The molecule has 0 radical (unpaired) electrons. The van der Waals surface area contributed by atoms with E-state index in [2.05, 4.69) is 129 Å². The molecule has 6 rings (SSSR count). The summed E-state index contributed by atoms with van der Waals surface area (Å²) in [4.78, 5) is 0.378. The van der Waals surface area contributed by atoms with Crippen molar-refractivity contribution in [2.45, 2.75) is 5.41 Å². The summed E-state index contributed by atoms with van der Waals surface area (Å²) in [5, 5.41) is 8.17. The van der Waals surface area contributed by atoms with Gasteiger partial charge in [0.1, 0.15) is 0 Å². The summed E-state index contributed by atoms with van der Waals surface area (Å²) < 4.78 is 5.68. The number of nitrogens with zero attached hydrogens (tertiary/aromatic N) is 2. The third-order valence-corrected chi connectivity index (χ3v) is 6.43. The standard InChI is InChI=1S/C27H17BrN2O/c28-26-30-29-25(31-26)18-15-16-22-21-13-7-8-14-23(21)27(24(22)17-18,19-9-3-1-4-10-19)20-11-5-2-6-12-20/h1-17H. The number of hydrogen-bond donors (Lipinski definition) is 0. The first-order valence-corrected chi connectivity index (χ1v) is 10.9. The van der Waals surface area contributed by atoms with Crippen molar-refractivity contribution in [1.82, 2.24) is 10.2 Å². The maximum absolute atomic E-state index is 5.68. The van der Waals surface area contributed by atoms with Crippen molar-refractivity contribution < 1.29 is 4.42 Å². The van der Waals surface area contributed by atoms with Crippen LogP contribution in [0.2, 0.25) is 0 Å². The highest BCUT2D eigenvalue weighted by atomic mass is 79.9. The van der Waals surface area contributed by atoms with Crippen molar-refractivity contribution in [2.75, 3.05) is 0 Å². The Morgan fingerprint density at radius 3 is 1.87 bits per heavy atom. The van der Waals surface area contributed by atoms with Crippen LogP contribution in [-0.2, 0) is 5.41 Å². The zero-order chi connectivity index (χ0) is 20.8. The molecule has 1 aliphatic carbocycles. The molecule has 0 N–H and O–H groups in total. The molecule has 1 aromatic heterocycles. The van der Waals surface area contributed by atoms with Crippen molar-refractivity contribution in [3.05, 3.63) is 130 Å². The van der Waals surface area contributed by atoms with Gasteiger partial charge in [-0.2, -0.15) is 0 Å². The van der Waals surface area contributed by atoms with Crippen molar-refractivity contribution in [2.24, 2.45) is 0 Å². The SMILES string of the molecule is Brc1nnc(-c2ccc3c(c2)C(c2ccccc2)(c2ccccc2)c2ccccc2-3)o1. The predicted molar refractivity (Wildman–Crippen MR) is 125 cm³/mol. The lowest BCUT2D eigenvalue weighted by molar-refractivity contribution is 0.540. The number of fused-ring (bicyclic) bond motifs is 3. The largest absolute Gasteiger partial charge is 0.411 e. The molecule has 0 fully saturated rings. The molecule has 0 unspecified atom stereocenters. The summed E-state index contributed by atoms with van der Waals surface area (Å²) in [6.45, 7) is 0. The summed E-state index contributed by atoms with van der Waals surface area (Å²) in [7, 11) is 0. The lowest BCUT2D eigenvalue weighted by atomic mass is 9.67. The van der Waals surface area contributed by atoms with Crippen molar-refractivity contribution in [3.63, 3.8) is 0 Å². The van der Waals surface area contributed by atoms with Crippen LogP contribution in [0.25, 0.3) is 22.6 Å². The second kappa shape index (κ2) is 7.03. The van der Waals surface area contributed by atoms with Gasteiger partial charge >= 0.3 is 0 Å². The van der Waals surface area contributed by atoms with E-state index in [4.69, 9.17) is 4.42 Å². The van der Waals surface area contributed by atoms with Gasteiger partial charge in [-0.3, -0.25) is 0 Å². The Morgan fingerprint density at radius 1 is 0.613 bits per heavy atom. The van der Waals surface area contributed by atoms with Crippen LogP contribution in [0.15, 0.2) is 112 Å². The third kappa shape index (κ3) is 2.65. The first kappa shape index (κ1) is 18.3. The Labute approximate surface area is 188 Å². The van der Waals surface area contributed by atoms with Gasteiger partial charge in [-0.25, -0.2) is 0 Å². The fraction of sp³-hybridized carbons (Fsp3) is 0.0370. The van der Waals surface area contributed by atoms with Crippen molar-refractivity contribution in [3.8, 4) is 22.6 Å². The Hall–Kier alpha value is -3.50. The highest BCUT2D eigenvalue weighted by Crippen LogP contribution is 2.56. The highest BCUT2D eigenvalue weighted by molar-refractivity contribution is 9.10. The average molecular weight is 465 g/mol. The van der Waals surface area contributed by atoms with Crippen molar-refractivity contribution in [1.29, 1.82) is 0 Å². The van der Waals surface area contributed by atoms with Gasteiger partial charge in [0, 0.05) is 21.5 Å². The topological polar surface area (TPSA) is 38.9 Å². The first-order valence-electron chi connectivity index (χ1n) is 10.1. The van der Waals surface area contributed by atoms with Gasteiger partial charge in [-0.1, -0.05) is 91.0 Å². The van der Waals surface area contributed by atoms with Crippen LogP contribution in [0.4, 0.5) is 0 Å². The van der Waals surface area contributed by atoms with Crippen LogP contribution in [0.1, 0.15) is 22.3 Å². The molecular formula is C27H17BrN2O. The second-order valence-corrected chi connectivity index (χ2v) is 8.33.